The molecule has 0 aliphatic carbocycles. The van der Waals surface area contributed by atoms with Crippen molar-refractivity contribution in [3.63, 3.8) is 0 Å². The summed E-state index contributed by atoms with van der Waals surface area (Å²) in [5, 5.41) is 11.4. The molecule has 4 aromatic carbocycles. The number of anilines is 2. The molecule has 0 radical (unpaired) electrons. The summed E-state index contributed by atoms with van der Waals surface area (Å²) in [6.45, 7) is 33.6. The van der Waals surface area contributed by atoms with Crippen molar-refractivity contribution in [2.24, 2.45) is 0 Å². The van der Waals surface area contributed by atoms with Crippen LogP contribution in [0.3, 0.4) is 0 Å². The van der Waals surface area contributed by atoms with Crippen LogP contribution >= 0.6 is 0 Å². The predicted octanol–water partition coefficient (Wildman–Crippen LogP) is 14.3. The number of nitrogens with zero attached hydrogens (tertiary/aromatic N) is 4. The highest BCUT2D eigenvalue weighted by atomic mass is 16.5. The van der Waals surface area contributed by atoms with Gasteiger partial charge in [-0.2, -0.15) is 9.97 Å². The molecule has 1 atom stereocenters. The number of hydrogen-bond donors (Lipinski definition) is 1. The number of rotatable bonds is 16. The maximum Gasteiger partial charge on any atom is 0.324 e. The second-order valence-corrected chi connectivity index (χ2v) is 21.5. The number of benzene rings is 4. The van der Waals surface area contributed by atoms with Gasteiger partial charge in [0.1, 0.15) is 19.0 Å². The smallest absolute Gasteiger partial charge is 0.324 e. The number of phenols is 1. The lowest BCUT2D eigenvalue weighted by Gasteiger charge is -2.30. The van der Waals surface area contributed by atoms with E-state index in [0.717, 1.165) is 47.2 Å². The molecular formula is C55H76N4O3. The largest absolute Gasteiger partial charge is 0.507 e. The lowest BCUT2D eigenvalue weighted by Crippen LogP contribution is -2.30. The molecule has 5 rings (SSSR count). The van der Waals surface area contributed by atoms with Gasteiger partial charge in [-0.3, -0.25) is 0 Å². The zero-order chi connectivity index (χ0) is 45.6. The molecule has 0 saturated heterocycles. The van der Waals surface area contributed by atoms with Crippen LogP contribution in [-0.2, 0) is 41.3 Å². The van der Waals surface area contributed by atoms with E-state index in [1.807, 2.05) is 12.1 Å². The summed E-state index contributed by atoms with van der Waals surface area (Å²) in [6, 6.07) is 28.5. The molecule has 0 aliphatic rings. The summed E-state index contributed by atoms with van der Waals surface area (Å²) < 4.78 is 13.2. The Bertz CT molecular complexity index is 2060. The van der Waals surface area contributed by atoms with Crippen LogP contribution in [0.2, 0.25) is 0 Å². The van der Waals surface area contributed by atoms with Gasteiger partial charge in [-0.25, -0.2) is 0 Å². The van der Waals surface area contributed by atoms with Crippen LogP contribution in [0.25, 0.3) is 0 Å². The van der Waals surface area contributed by atoms with Crippen LogP contribution in [-0.4, -0.2) is 26.1 Å². The Labute approximate surface area is 374 Å². The molecule has 1 N–H and O–H groups in total. The quantitative estimate of drug-likeness (QED) is 0.0991. The van der Waals surface area contributed by atoms with E-state index >= 15 is 0 Å². The third-order valence-electron chi connectivity index (χ3n) is 11.8. The number of phenolic OH excluding ortho intramolecular Hbond substituents is 1. The molecule has 0 saturated carbocycles. The lowest BCUT2D eigenvalue weighted by molar-refractivity contribution is 0.249. The predicted molar refractivity (Wildman–Crippen MR) is 259 cm³/mol. The van der Waals surface area contributed by atoms with Crippen LogP contribution in [0.15, 0.2) is 78.9 Å². The van der Waals surface area contributed by atoms with Gasteiger partial charge in [-0.1, -0.05) is 170 Å². The van der Waals surface area contributed by atoms with E-state index in [1.54, 1.807) is 0 Å². The van der Waals surface area contributed by atoms with Crippen molar-refractivity contribution in [1.82, 2.24) is 15.0 Å². The van der Waals surface area contributed by atoms with Gasteiger partial charge in [0.05, 0.1) is 0 Å². The number of unbranched alkanes of at least 4 members (excludes halogenated alkanes) is 3. The Morgan fingerprint density at radius 2 is 1.02 bits per heavy atom. The van der Waals surface area contributed by atoms with Gasteiger partial charge in [0.25, 0.3) is 0 Å². The Hall–Kier alpha value is -4.91. The molecule has 1 aromatic heterocycles. The average Bonchev–Trinajstić information content (AvgIpc) is 3.18. The molecule has 7 heteroatoms. The number of ether oxygens (including phenoxy) is 2. The molecule has 334 valence electrons. The monoisotopic (exact) mass is 841 g/mol. The lowest BCUT2D eigenvalue weighted by atomic mass is 9.76. The van der Waals surface area contributed by atoms with Crippen molar-refractivity contribution < 1.29 is 14.6 Å². The molecule has 7 nitrogen and oxygen atoms in total. The molecule has 1 unspecified atom stereocenters. The number of aromatic hydroxyl groups is 1. The van der Waals surface area contributed by atoms with E-state index in [2.05, 4.69) is 175 Å². The van der Waals surface area contributed by atoms with Crippen LogP contribution in [0.5, 0.6) is 17.8 Å². The zero-order valence-electron chi connectivity index (χ0n) is 40.8. The van der Waals surface area contributed by atoms with Crippen LogP contribution < -0.4 is 14.4 Å². The van der Waals surface area contributed by atoms with Crippen LogP contribution in [0.4, 0.5) is 11.6 Å². The SMILES string of the molecule is CCCCCCC(C)N(c1ccc(Cc2ccccc2)cc1)c1nc(OCc2cc(C(C)(C)C)c(C)c(C(C)(C)C)c2)nc(OCc2cc(C(C)(C)C)c(O)c(C(C)(C)C)c2)n1. The minimum Gasteiger partial charge on any atom is -0.507 e. The fourth-order valence-electron chi connectivity index (χ4n) is 8.37. The Balaban J connectivity index is 1.60. The first-order chi connectivity index (χ1) is 28.9. The Morgan fingerprint density at radius 1 is 0.565 bits per heavy atom. The Morgan fingerprint density at radius 3 is 1.47 bits per heavy atom. The van der Waals surface area contributed by atoms with Gasteiger partial charge in [0, 0.05) is 11.7 Å². The van der Waals surface area contributed by atoms with Gasteiger partial charge < -0.3 is 19.5 Å². The highest BCUT2D eigenvalue weighted by Crippen LogP contribution is 2.40. The molecule has 0 fully saturated rings. The summed E-state index contributed by atoms with van der Waals surface area (Å²) in [5.41, 5.74) is 10.6. The molecule has 0 amide bonds. The van der Waals surface area contributed by atoms with Crippen molar-refractivity contribution >= 4 is 11.6 Å². The van der Waals surface area contributed by atoms with Crippen molar-refractivity contribution in [2.75, 3.05) is 4.90 Å². The first kappa shape index (κ1) is 48.1. The van der Waals surface area contributed by atoms with Crippen molar-refractivity contribution in [1.29, 1.82) is 0 Å². The summed E-state index contributed by atoms with van der Waals surface area (Å²) in [7, 11) is 0. The normalized spacial score (nSPS) is 13.0. The van der Waals surface area contributed by atoms with Gasteiger partial charge in [-0.05, 0) is 123 Å². The van der Waals surface area contributed by atoms with E-state index in [0.29, 0.717) is 11.7 Å². The first-order valence-corrected chi connectivity index (χ1v) is 22.9. The topological polar surface area (TPSA) is 80.6 Å². The van der Waals surface area contributed by atoms with Crippen molar-refractivity contribution in [3.8, 4) is 17.8 Å². The van der Waals surface area contributed by atoms with Gasteiger partial charge >= 0.3 is 12.0 Å². The molecule has 5 aromatic rings. The highest BCUT2D eigenvalue weighted by Gasteiger charge is 2.28. The van der Waals surface area contributed by atoms with E-state index < -0.39 is 0 Å². The maximum atomic E-state index is 11.4. The van der Waals surface area contributed by atoms with E-state index in [1.165, 1.54) is 47.1 Å². The van der Waals surface area contributed by atoms with E-state index in [9.17, 15) is 5.11 Å². The van der Waals surface area contributed by atoms with Gasteiger partial charge in [-0.15, -0.1) is 4.98 Å². The van der Waals surface area contributed by atoms with Gasteiger partial charge in [0.15, 0.2) is 0 Å². The number of hydrogen-bond acceptors (Lipinski definition) is 7. The third-order valence-corrected chi connectivity index (χ3v) is 11.8. The second kappa shape index (κ2) is 19.6. The Kier molecular flexibility index (Phi) is 15.2. The molecular weight excluding hydrogens is 765 g/mol. The fraction of sp³-hybridized carbons (Fsp3) is 0.509. The summed E-state index contributed by atoms with van der Waals surface area (Å²) in [6.07, 6.45) is 6.49. The summed E-state index contributed by atoms with van der Waals surface area (Å²) in [4.78, 5) is 17.2. The third kappa shape index (κ3) is 12.6. The minimum absolute atomic E-state index is 0.0419. The molecule has 0 bridgehead atoms. The molecule has 0 spiro atoms. The van der Waals surface area contributed by atoms with E-state index in [-0.39, 0.29) is 52.9 Å². The van der Waals surface area contributed by atoms with Crippen molar-refractivity contribution in [3.05, 3.63) is 129 Å². The maximum absolute atomic E-state index is 11.4. The molecule has 1 heterocycles. The average molecular weight is 841 g/mol. The standard InChI is InChI=1S/C55H76N4O3/c1-16-17-18-20-23-37(2)59(43-28-26-40(27-29-43)30-39-24-21-19-22-25-39)49-56-50(61-35-41-31-44(52(4,5)6)38(3)45(32-41)53(7,8)9)58-51(57-49)62-36-42-33-46(54(10,11)12)48(60)47(34-42)55(13,14)15/h19,21-22,24-29,31-34,37,60H,16-18,20,23,30,35-36H2,1-15H3. The minimum atomic E-state index is -0.276. The van der Waals surface area contributed by atoms with Crippen LogP contribution in [0.1, 0.15) is 179 Å². The zero-order valence-corrected chi connectivity index (χ0v) is 40.8. The first-order valence-electron chi connectivity index (χ1n) is 22.9. The fourth-order valence-corrected chi connectivity index (χ4v) is 8.37. The number of aromatic nitrogens is 3. The van der Waals surface area contributed by atoms with Gasteiger partial charge in [0.2, 0.25) is 5.95 Å². The highest BCUT2D eigenvalue weighted by molar-refractivity contribution is 5.59. The second-order valence-electron chi connectivity index (χ2n) is 21.5. The van der Waals surface area contributed by atoms with E-state index in [4.69, 9.17) is 24.4 Å². The van der Waals surface area contributed by atoms with Crippen molar-refractivity contribution in [2.45, 2.75) is 183 Å². The molecule has 0 aliphatic heterocycles. The van der Waals surface area contributed by atoms with Crippen LogP contribution in [0, 0.1) is 6.92 Å². The molecule has 62 heavy (non-hydrogen) atoms. The summed E-state index contributed by atoms with van der Waals surface area (Å²) in [5.74, 6) is 0.820. The summed E-state index contributed by atoms with van der Waals surface area (Å²) >= 11 is 0.